The van der Waals surface area contributed by atoms with E-state index in [1.807, 2.05) is 6.92 Å². The Morgan fingerprint density at radius 3 is 2.60 bits per heavy atom. The summed E-state index contributed by atoms with van der Waals surface area (Å²) in [6.07, 6.45) is 0.150. The molecule has 0 atom stereocenters. The molecule has 1 amide bonds. The number of aromatic nitrogens is 1. The summed E-state index contributed by atoms with van der Waals surface area (Å²) in [5.41, 5.74) is 1.97. The Bertz CT molecular complexity index is 925. The first-order valence-corrected chi connectivity index (χ1v) is 8.97. The fraction of sp³-hybridized carbons (Fsp3) is 0.111. The first-order chi connectivity index (χ1) is 11.9. The van der Waals surface area contributed by atoms with E-state index >= 15 is 0 Å². The number of thiazole rings is 1. The summed E-state index contributed by atoms with van der Waals surface area (Å²) in [6, 6.07) is 10.9. The van der Waals surface area contributed by atoms with Crippen LogP contribution in [-0.4, -0.2) is 10.9 Å². The van der Waals surface area contributed by atoms with Crippen molar-refractivity contribution in [3.05, 3.63) is 68.2 Å². The molecule has 0 aliphatic heterocycles. The van der Waals surface area contributed by atoms with Gasteiger partial charge < -0.3 is 5.32 Å². The summed E-state index contributed by atoms with van der Waals surface area (Å²) in [5.74, 6) is -0.524. The second kappa shape index (κ2) is 7.52. The second-order valence-electron chi connectivity index (χ2n) is 5.36. The first kappa shape index (κ1) is 17.9. The monoisotopic (exact) mass is 394 g/mol. The quantitative estimate of drug-likeness (QED) is 0.612. The van der Waals surface area contributed by atoms with Crippen molar-refractivity contribution in [3.63, 3.8) is 0 Å². The molecule has 1 aromatic heterocycles. The Hall–Kier alpha value is -1.95. The minimum absolute atomic E-state index is 0.150. The Labute approximate surface area is 158 Å². The van der Waals surface area contributed by atoms with E-state index in [9.17, 15) is 9.18 Å². The van der Waals surface area contributed by atoms with E-state index in [2.05, 4.69) is 10.3 Å². The van der Waals surface area contributed by atoms with Gasteiger partial charge in [-0.2, -0.15) is 0 Å². The number of anilines is 1. The van der Waals surface area contributed by atoms with Gasteiger partial charge in [-0.05, 0) is 49.4 Å². The summed E-state index contributed by atoms with van der Waals surface area (Å²) in [7, 11) is 0. The largest absolute Gasteiger partial charge is 0.324 e. The average Bonchev–Trinajstić information content (AvgIpc) is 2.91. The molecule has 3 aromatic rings. The van der Waals surface area contributed by atoms with Gasteiger partial charge >= 0.3 is 0 Å². The highest BCUT2D eigenvalue weighted by Crippen LogP contribution is 2.30. The molecule has 0 bridgehead atoms. The molecule has 0 radical (unpaired) electrons. The minimum atomic E-state index is -0.313. The number of carbonyl (C=O) groups is 1. The van der Waals surface area contributed by atoms with Crippen molar-refractivity contribution in [2.45, 2.75) is 13.3 Å². The second-order valence-corrected chi connectivity index (χ2v) is 7.49. The molecule has 0 aliphatic carbocycles. The number of nitrogens with zero attached hydrogens (tertiary/aromatic N) is 1. The molecule has 1 heterocycles. The third-order valence-corrected chi connectivity index (χ3v) is 4.97. The molecule has 3 nitrogen and oxygen atoms in total. The van der Waals surface area contributed by atoms with Crippen molar-refractivity contribution >= 4 is 46.1 Å². The van der Waals surface area contributed by atoms with Gasteiger partial charge in [-0.25, -0.2) is 9.37 Å². The van der Waals surface area contributed by atoms with Crippen LogP contribution in [0.3, 0.4) is 0 Å². The summed E-state index contributed by atoms with van der Waals surface area (Å²) in [6.45, 7) is 1.87. The van der Waals surface area contributed by atoms with Crippen LogP contribution in [0.5, 0.6) is 0 Å². The van der Waals surface area contributed by atoms with E-state index in [0.29, 0.717) is 21.4 Å². The Kier molecular flexibility index (Phi) is 5.37. The number of amides is 1. The molecule has 0 fully saturated rings. The van der Waals surface area contributed by atoms with Crippen LogP contribution in [0.2, 0.25) is 10.0 Å². The van der Waals surface area contributed by atoms with Crippen molar-refractivity contribution in [3.8, 4) is 11.3 Å². The Balaban J connectivity index is 1.81. The van der Waals surface area contributed by atoms with Crippen LogP contribution < -0.4 is 5.32 Å². The first-order valence-electron chi connectivity index (χ1n) is 7.39. The third kappa shape index (κ3) is 4.37. The average molecular weight is 395 g/mol. The van der Waals surface area contributed by atoms with E-state index in [4.69, 9.17) is 23.2 Å². The van der Waals surface area contributed by atoms with Crippen molar-refractivity contribution in [2.75, 3.05) is 5.32 Å². The normalized spacial score (nSPS) is 10.7. The molecule has 128 valence electrons. The van der Waals surface area contributed by atoms with Crippen LogP contribution >= 0.6 is 34.5 Å². The fourth-order valence-electron chi connectivity index (χ4n) is 2.35. The maximum Gasteiger partial charge on any atom is 0.229 e. The number of halogens is 3. The lowest BCUT2D eigenvalue weighted by atomic mass is 10.1. The molecule has 0 aliphatic rings. The fourth-order valence-corrected chi connectivity index (χ4v) is 3.77. The van der Waals surface area contributed by atoms with Gasteiger partial charge in [0.25, 0.3) is 0 Å². The highest BCUT2D eigenvalue weighted by molar-refractivity contribution is 7.12. The number of rotatable bonds is 4. The third-order valence-electron chi connectivity index (χ3n) is 3.45. The van der Waals surface area contributed by atoms with Gasteiger partial charge in [-0.1, -0.05) is 23.2 Å². The van der Waals surface area contributed by atoms with Crippen LogP contribution in [0.25, 0.3) is 11.3 Å². The van der Waals surface area contributed by atoms with Crippen molar-refractivity contribution in [2.24, 2.45) is 0 Å². The summed E-state index contributed by atoms with van der Waals surface area (Å²) in [4.78, 5) is 17.7. The zero-order chi connectivity index (χ0) is 18.0. The maximum absolute atomic E-state index is 13.1. The van der Waals surface area contributed by atoms with Crippen LogP contribution in [0.1, 0.15) is 9.88 Å². The molecular formula is C18H13Cl2FN2OS. The lowest BCUT2D eigenvalue weighted by Gasteiger charge is -2.08. The SMILES string of the molecule is Cc1nc(-c2ccc(F)cc2)c(CC(=O)Nc2ccc(Cl)cc2Cl)s1. The predicted octanol–water partition coefficient (Wildman–Crippen LogP) is 5.75. The van der Waals surface area contributed by atoms with Crippen molar-refractivity contribution < 1.29 is 9.18 Å². The number of nitrogens with one attached hydrogen (secondary N) is 1. The summed E-state index contributed by atoms with van der Waals surface area (Å²) in [5, 5.41) is 4.49. The van der Waals surface area contributed by atoms with Crippen molar-refractivity contribution in [1.29, 1.82) is 0 Å². The van der Waals surface area contributed by atoms with Gasteiger partial charge in [0.2, 0.25) is 5.91 Å². The van der Waals surface area contributed by atoms with E-state index in [1.54, 1.807) is 30.3 Å². The molecule has 2 aromatic carbocycles. The molecule has 1 N–H and O–H groups in total. The van der Waals surface area contributed by atoms with E-state index < -0.39 is 0 Å². The lowest BCUT2D eigenvalue weighted by molar-refractivity contribution is -0.115. The lowest BCUT2D eigenvalue weighted by Crippen LogP contribution is -2.14. The smallest absolute Gasteiger partial charge is 0.229 e. The molecule has 25 heavy (non-hydrogen) atoms. The Morgan fingerprint density at radius 2 is 1.92 bits per heavy atom. The number of benzene rings is 2. The molecule has 0 unspecified atom stereocenters. The zero-order valence-electron chi connectivity index (χ0n) is 13.1. The van der Waals surface area contributed by atoms with E-state index in [-0.39, 0.29) is 18.1 Å². The number of hydrogen-bond donors (Lipinski definition) is 1. The number of carbonyl (C=O) groups excluding carboxylic acids is 1. The summed E-state index contributed by atoms with van der Waals surface area (Å²) >= 11 is 13.4. The highest BCUT2D eigenvalue weighted by atomic mass is 35.5. The maximum atomic E-state index is 13.1. The topological polar surface area (TPSA) is 42.0 Å². The van der Waals surface area contributed by atoms with Crippen LogP contribution in [-0.2, 0) is 11.2 Å². The molecule has 0 spiro atoms. The van der Waals surface area contributed by atoms with E-state index in [0.717, 1.165) is 15.4 Å². The van der Waals surface area contributed by atoms with Gasteiger partial charge in [-0.3, -0.25) is 4.79 Å². The molecule has 0 saturated heterocycles. The summed E-state index contributed by atoms with van der Waals surface area (Å²) < 4.78 is 13.1. The van der Waals surface area contributed by atoms with E-state index in [1.165, 1.54) is 23.5 Å². The van der Waals surface area contributed by atoms with Gasteiger partial charge in [0.1, 0.15) is 5.82 Å². The van der Waals surface area contributed by atoms with Gasteiger partial charge in [0, 0.05) is 15.5 Å². The minimum Gasteiger partial charge on any atom is -0.324 e. The van der Waals surface area contributed by atoms with Crippen LogP contribution in [0.15, 0.2) is 42.5 Å². The standard InChI is InChI=1S/C18H13Cl2FN2OS/c1-10-22-18(11-2-5-13(21)6-3-11)16(25-10)9-17(24)23-15-7-4-12(19)8-14(15)20/h2-8H,9H2,1H3,(H,23,24). The van der Waals surface area contributed by atoms with Crippen molar-refractivity contribution in [1.82, 2.24) is 4.98 Å². The molecule has 0 saturated carbocycles. The molecule has 3 rings (SSSR count). The van der Waals surface area contributed by atoms with Gasteiger partial charge in [-0.15, -0.1) is 11.3 Å². The van der Waals surface area contributed by atoms with Gasteiger partial charge in [0.15, 0.2) is 0 Å². The van der Waals surface area contributed by atoms with Gasteiger partial charge in [0.05, 0.1) is 27.8 Å². The number of aryl methyl sites for hydroxylation is 1. The van der Waals surface area contributed by atoms with Crippen LogP contribution in [0.4, 0.5) is 10.1 Å². The predicted molar refractivity (Wildman–Crippen MR) is 101 cm³/mol. The number of hydrogen-bond acceptors (Lipinski definition) is 3. The highest BCUT2D eigenvalue weighted by Gasteiger charge is 2.16. The molecular weight excluding hydrogens is 382 g/mol. The Morgan fingerprint density at radius 1 is 1.20 bits per heavy atom. The van der Waals surface area contributed by atoms with Crippen LogP contribution in [0, 0.1) is 12.7 Å². The zero-order valence-corrected chi connectivity index (χ0v) is 15.5. The molecule has 7 heteroatoms.